The van der Waals surface area contributed by atoms with Crippen LogP contribution in [0.1, 0.15) is 58.3 Å². The van der Waals surface area contributed by atoms with Crippen LogP contribution in [0, 0.1) is 5.92 Å². The molecule has 0 aromatic rings. The average molecular weight is 308 g/mol. The summed E-state index contributed by atoms with van der Waals surface area (Å²) in [5.74, 6) is 2.09. The highest BCUT2D eigenvalue weighted by Crippen LogP contribution is 2.28. The standard InChI is InChI=1S/C17H32N4O/c1-3-16(22)21-12-10-15(13-21)20-17(18-2)19-11-6-9-14-7-4-5-8-14/h14-15H,3-13H2,1-2H3,(H2,18,19,20). The van der Waals surface area contributed by atoms with Gasteiger partial charge in [0.05, 0.1) is 0 Å². The van der Waals surface area contributed by atoms with Crippen LogP contribution in [0.25, 0.3) is 0 Å². The van der Waals surface area contributed by atoms with Crippen molar-refractivity contribution in [2.75, 3.05) is 26.7 Å². The SMILES string of the molecule is CCC(=O)N1CCC(NC(=NC)NCCCC2CCCC2)C1. The van der Waals surface area contributed by atoms with Crippen molar-refractivity contribution in [2.24, 2.45) is 10.9 Å². The van der Waals surface area contributed by atoms with Crippen LogP contribution < -0.4 is 10.6 Å². The molecule has 2 N–H and O–H groups in total. The first-order valence-corrected chi connectivity index (χ1v) is 8.98. The van der Waals surface area contributed by atoms with Gasteiger partial charge in [0.2, 0.25) is 5.91 Å². The third kappa shape index (κ3) is 5.18. The molecular formula is C17H32N4O. The Kier molecular flexibility index (Phi) is 7.00. The number of carbonyl (C=O) groups is 1. The zero-order chi connectivity index (χ0) is 15.8. The maximum absolute atomic E-state index is 11.7. The minimum absolute atomic E-state index is 0.254. The number of carbonyl (C=O) groups excluding carboxylic acids is 1. The Morgan fingerprint density at radius 3 is 2.73 bits per heavy atom. The Bertz CT molecular complexity index is 377. The van der Waals surface area contributed by atoms with Gasteiger partial charge in [0.25, 0.3) is 0 Å². The van der Waals surface area contributed by atoms with Crippen molar-refractivity contribution in [3.8, 4) is 0 Å². The van der Waals surface area contributed by atoms with Crippen LogP contribution in [-0.4, -0.2) is 49.5 Å². The summed E-state index contributed by atoms with van der Waals surface area (Å²) in [6.45, 7) is 4.58. The summed E-state index contributed by atoms with van der Waals surface area (Å²) in [5, 5.41) is 6.86. The molecule has 5 heteroatoms. The predicted molar refractivity (Wildman–Crippen MR) is 91.0 cm³/mol. The number of nitrogens with one attached hydrogen (secondary N) is 2. The topological polar surface area (TPSA) is 56.7 Å². The Labute approximate surface area is 134 Å². The van der Waals surface area contributed by atoms with Gasteiger partial charge in [-0.25, -0.2) is 0 Å². The van der Waals surface area contributed by atoms with E-state index in [1.807, 2.05) is 18.9 Å². The van der Waals surface area contributed by atoms with Crippen LogP contribution in [0.4, 0.5) is 0 Å². The Hall–Kier alpha value is -1.26. The normalized spacial score (nSPS) is 23.1. The van der Waals surface area contributed by atoms with Crippen molar-refractivity contribution >= 4 is 11.9 Å². The molecule has 0 aromatic heterocycles. The second-order valence-corrected chi connectivity index (χ2v) is 6.61. The fraction of sp³-hybridized carbons (Fsp3) is 0.882. The largest absolute Gasteiger partial charge is 0.356 e. The first-order chi connectivity index (χ1) is 10.7. The number of nitrogens with zero attached hydrogens (tertiary/aromatic N) is 2. The van der Waals surface area contributed by atoms with Crippen molar-refractivity contribution in [1.29, 1.82) is 0 Å². The average Bonchev–Trinajstić information content (AvgIpc) is 3.21. The van der Waals surface area contributed by atoms with E-state index in [1.54, 1.807) is 0 Å². The zero-order valence-electron chi connectivity index (χ0n) is 14.2. The fourth-order valence-corrected chi connectivity index (χ4v) is 3.61. The molecule has 0 spiro atoms. The van der Waals surface area contributed by atoms with Crippen LogP contribution in [0.5, 0.6) is 0 Å². The first kappa shape index (κ1) is 17.1. The van der Waals surface area contributed by atoms with Gasteiger partial charge >= 0.3 is 0 Å². The van der Waals surface area contributed by atoms with Gasteiger partial charge < -0.3 is 15.5 Å². The number of hydrogen-bond donors (Lipinski definition) is 2. The van der Waals surface area contributed by atoms with E-state index < -0.39 is 0 Å². The highest BCUT2D eigenvalue weighted by molar-refractivity contribution is 5.80. The molecule has 1 aliphatic heterocycles. The highest BCUT2D eigenvalue weighted by Gasteiger charge is 2.25. The van der Waals surface area contributed by atoms with E-state index in [2.05, 4.69) is 15.6 Å². The molecule has 2 aliphatic rings. The van der Waals surface area contributed by atoms with Gasteiger partial charge in [0.15, 0.2) is 5.96 Å². The van der Waals surface area contributed by atoms with Crippen LogP contribution in [0.3, 0.4) is 0 Å². The van der Waals surface area contributed by atoms with Crippen LogP contribution >= 0.6 is 0 Å². The van der Waals surface area contributed by atoms with E-state index in [-0.39, 0.29) is 5.91 Å². The van der Waals surface area contributed by atoms with Crippen molar-refractivity contribution in [3.05, 3.63) is 0 Å². The summed E-state index contributed by atoms with van der Waals surface area (Å²) >= 11 is 0. The number of guanidine groups is 1. The van der Waals surface area contributed by atoms with Gasteiger partial charge in [-0.15, -0.1) is 0 Å². The van der Waals surface area contributed by atoms with E-state index in [0.717, 1.165) is 37.9 Å². The Morgan fingerprint density at radius 1 is 1.27 bits per heavy atom. The molecule has 1 saturated heterocycles. The molecule has 0 radical (unpaired) electrons. The second kappa shape index (κ2) is 9.01. The summed E-state index contributed by atoms with van der Waals surface area (Å²) in [6.07, 6.45) is 9.87. The quantitative estimate of drug-likeness (QED) is 0.449. The maximum atomic E-state index is 11.7. The summed E-state index contributed by atoms with van der Waals surface area (Å²) in [5.41, 5.74) is 0. The molecule has 1 heterocycles. The lowest BCUT2D eigenvalue weighted by Crippen LogP contribution is -2.45. The Morgan fingerprint density at radius 2 is 2.05 bits per heavy atom. The maximum Gasteiger partial charge on any atom is 0.222 e. The van der Waals surface area contributed by atoms with E-state index in [1.165, 1.54) is 38.5 Å². The molecule has 126 valence electrons. The fourth-order valence-electron chi connectivity index (χ4n) is 3.61. The van der Waals surface area contributed by atoms with Crippen molar-refractivity contribution in [3.63, 3.8) is 0 Å². The zero-order valence-corrected chi connectivity index (χ0v) is 14.2. The predicted octanol–water partition coefficient (Wildman–Crippen LogP) is 2.13. The number of amides is 1. The number of rotatable bonds is 6. The molecule has 22 heavy (non-hydrogen) atoms. The molecule has 1 saturated carbocycles. The van der Waals surface area contributed by atoms with Crippen LogP contribution in [-0.2, 0) is 4.79 Å². The molecule has 5 nitrogen and oxygen atoms in total. The molecular weight excluding hydrogens is 276 g/mol. The van der Waals surface area contributed by atoms with E-state index in [4.69, 9.17) is 0 Å². The van der Waals surface area contributed by atoms with Gasteiger partial charge in [-0.3, -0.25) is 9.79 Å². The van der Waals surface area contributed by atoms with E-state index in [9.17, 15) is 4.79 Å². The smallest absolute Gasteiger partial charge is 0.222 e. The van der Waals surface area contributed by atoms with Gasteiger partial charge in [0.1, 0.15) is 0 Å². The summed E-state index contributed by atoms with van der Waals surface area (Å²) in [6, 6.07) is 0.330. The molecule has 1 aliphatic carbocycles. The molecule has 1 amide bonds. The molecule has 0 bridgehead atoms. The van der Waals surface area contributed by atoms with E-state index >= 15 is 0 Å². The lowest BCUT2D eigenvalue weighted by atomic mass is 10.0. The Balaban J connectivity index is 1.62. The third-order valence-electron chi connectivity index (χ3n) is 4.96. The summed E-state index contributed by atoms with van der Waals surface area (Å²) in [4.78, 5) is 18.0. The third-order valence-corrected chi connectivity index (χ3v) is 4.96. The van der Waals surface area contributed by atoms with Gasteiger partial charge in [-0.05, 0) is 25.2 Å². The van der Waals surface area contributed by atoms with Crippen LogP contribution in [0.2, 0.25) is 0 Å². The molecule has 0 aromatic carbocycles. The monoisotopic (exact) mass is 308 g/mol. The van der Waals surface area contributed by atoms with Crippen LogP contribution in [0.15, 0.2) is 4.99 Å². The second-order valence-electron chi connectivity index (χ2n) is 6.61. The van der Waals surface area contributed by atoms with Crippen molar-refractivity contribution in [1.82, 2.24) is 15.5 Å². The number of aliphatic imine (C=N–C) groups is 1. The molecule has 1 atom stereocenters. The lowest BCUT2D eigenvalue weighted by molar-refractivity contribution is -0.129. The first-order valence-electron chi connectivity index (χ1n) is 8.98. The minimum atomic E-state index is 0.254. The molecule has 2 rings (SSSR count). The van der Waals surface area contributed by atoms with Crippen molar-refractivity contribution in [2.45, 2.75) is 64.3 Å². The minimum Gasteiger partial charge on any atom is -0.356 e. The highest BCUT2D eigenvalue weighted by atomic mass is 16.2. The number of hydrogen-bond acceptors (Lipinski definition) is 2. The van der Waals surface area contributed by atoms with Gasteiger partial charge in [-0.1, -0.05) is 32.6 Å². The number of likely N-dealkylation sites (tertiary alicyclic amines) is 1. The molecule has 2 fully saturated rings. The van der Waals surface area contributed by atoms with Gasteiger partial charge in [0, 0.05) is 39.1 Å². The lowest BCUT2D eigenvalue weighted by Gasteiger charge is -2.19. The van der Waals surface area contributed by atoms with Crippen molar-refractivity contribution < 1.29 is 4.79 Å². The van der Waals surface area contributed by atoms with Gasteiger partial charge in [-0.2, -0.15) is 0 Å². The van der Waals surface area contributed by atoms with E-state index in [0.29, 0.717) is 12.5 Å². The summed E-state index contributed by atoms with van der Waals surface area (Å²) < 4.78 is 0. The summed E-state index contributed by atoms with van der Waals surface area (Å²) in [7, 11) is 1.82. The molecule has 1 unspecified atom stereocenters.